The molecule has 0 aliphatic heterocycles. The highest BCUT2D eigenvalue weighted by molar-refractivity contribution is 14.2. The van der Waals surface area contributed by atoms with Gasteiger partial charge >= 0.3 is 0 Å². The third-order valence-corrected chi connectivity index (χ3v) is 7.68. The molecule has 2 rings (SSSR count). The molecular weight excluding hydrogens is 450 g/mol. The van der Waals surface area contributed by atoms with Crippen LogP contribution < -0.4 is 0 Å². The summed E-state index contributed by atoms with van der Waals surface area (Å²) in [5, 5.41) is 2.01. The van der Waals surface area contributed by atoms with E-state index in [0.717, 1.165) is 10.8 Å². The maximum Gasteiger partial charge on any atom is 0.199 e. The lowest BCUT2D eigenvalue weighted by Gasteiger charge is -2.06. The molecule has 2 aromatic carbocycles. The van der Waals surface area contributed by atoms with E-state index in [0.29, 0.717) is 4.90 Å². The molecule has 0 radical (unpaired) electrons. The van der Waals surface area contributed by atoms with E-state index < -0.39 is 11.1 Å². The van der Waals surface area contributed by atoms with Crippen molar-refractivity contribution in [3.63, 3.8) is 0 Å². The van der Waals surface area contributed by atoms with E-state index in [1.165, 1.54) is 0 Å². The molecule has 0 amide bonds. The molecule has 16 heavy (non-hydrogen) atoms. The van der Waals surface area contributed by atoms with Gasteiger partial charge in [-0.25, -0.2) is 8.42 Å². The minimum Gasteiger partial charge on any atom is -0.222 e. The molecule has 0 saturated carbocycles. The molecular formula is C11H8I2O2S. The van der Waals surface area contributed by atoms with Crippen LogP contribution in [0.5, 0.6) is 0 Å². The van der Waals surface area contributed by atoms with Gasteiger partial charge in [0.25, 0.3) is 0 Å². The van der Waals surface area contributed by atoms with Gasteiger partial charge in [-0.3, -0.25) is 0 Å². The Morgan fingerprint density at radius 2 is 1.56 bits per heavy atom. The Kier molecular flexibility index (Phi) is 3.75. The van der Waals surface area contributed by atoms with Crippen LogP contribution in [0.3, 0.4) is 0 Å². The molecule has 0 aromatic heterocycles. The van der Waals surface area contributed by atoms with Crippen LogP contribution in [-0.4, -0.2) is 9.68 Å². The minimum absolute atomic E-state index is 0.389. The van der Waals surface area contributed by atoms with Crippen LogP contribution >= 0.6 is 45.2 Å². The van der Waals surface area contributed by atoms with E-state index in [-0.39, 0.29) is 0 Å². The van der Waals surface area contributed by atoms with Crippen LogP contribution in [-0.2, 0) is 9.84 Å². The number of rotatable bonds is 2. The normalized spacial score (nSPS) is 12.2. The second-order valence-electron chi connectivity index (χ2n) is 3.31. The Hall–Kier alpha value is 0.110. The van der Waals surface area contributed by atoms with Gasteiger partial charge in [0.2, 0.25) is 0 Å². The zero-order valence-corrected chi connectivity index (χ0v) is 13.2. The Morgan fingerprint density at radius 3 is 2.19 bits per heavy atom. The quantitative estimate of drug-likeness (QED) is 0.508. The standard InChI is InChI=1S/C11H8I2O2S/c12-11(13)16(14,15)10-6-5-8-3-1-2-4-9(8)7-10/h1-7,11H. The molecule has 0 atom stereocenters. The van der Waals surface area contributed by atoms with Crippen molar-refractivity contribution in [2.45, 2.75) is 6.16 Å². The SMILES string of the molecule is O=S(=O)(c1ccc2ccccc2c1)C(I)I. The first-order valence-corrected chi connectivity index (χ1v) is 8.56. The minimum atomic E-state index is -3.20. The maximum atomic E-state index is 12.0. The monoisotopic (exact) mass is 458 g/mol. The molecule has 84 valence electrons. The summed E-state index contributed by atoms with van der Waals surface area (Å²) in [4.78, 5) is 0.389. The number of hydrogen-bond acceptors (Lipinski definition) is 2. The summed E-state index contributed by atoms with van der Waals surface area (Å²) in [6.45, 7) is 0. The van der Waals surface area contributed by atoms with Gasteiger partial charge in [0, 0.05) is 0 Å². The Balaban J connectivity index is 2.65. The van der Waals surface area contributed by atoms with Gasteiger partial charge in [0.1, 0.15) is 0 Å². The van der Waals surface area contributed by atoms with E-state index in [2.05, 4.69) is 0 Å². The summed E-state index contributed by atoms with van der Waals surface area (Å²) in [6, 6.07) is 13.0. The van der Waals surface area contributed by atoms with Gasteiger partial charge in [-0.05, 0) is 22.9 Å². The van der Waals surface area contributed by atoms with E-state index in [9.17, 15) is 8.42 Å². The number of benzene rings is 2. The number of sulfone groups is 1. The topological polar surface area (TPSA) is 34.1 Å². The lowest BCUT2D eigenvalue weighted by atomic mass is 10.1. The summed E-state index contributed by atoms with van der Waals surface area (Å²) >= 11 is 3.82. The Morgan fingerprint density at radius 1 is 0.938 bits per heavy atom. The van der Waals surface area contributed by atoms with E-state index in [1.54, 1.807) is 12.1 Å². The number of alkyl halides is 2. The Bertz CT molecular complexity index is 621. The first-order chi connectivity index (χ1) is 7.51. The van der Waals surface area contributed by atoms with Crippen LogP contribution in [0.25, 0.3) is 10.8 Å². The van der Waals surface area contributed by atoms with Crippen LogP contribution in [0.15, 0.2) is 47.4 Å². The molecule has 0 saturated heterocycles. The zero-order valence-electron chi connectivity index (χ0n) is 8.10. The van der Waals surface area contributed by atoms with Crippen molar-refractivity contribution in [3.05, 3.63) is 42.5 Å². The molecule has 5 heteroatoms. The largest absolute Gasteiger partial charge is 0.222 e. The van der Waals surface area contributed by atoms with E-state index >= 15 is 0 Å². The fourth-order valence-electron chi connectivity index (χ4n) is 1.45. The summed E-state index contributed by atoms with van der Waals surface area (Å²) in [7, 11) is -3.20. The molecule has 0 bridgehead atoms. The van der Waals surface area contributed by atoms with Gasteiger partial charge in [-0.15, -0.1) is 0 Å². The third kappa shape index (κ3) is 2.35. The summed E-state index contributed by atoms with van der Waals surface area (Å²) in [5.74, 6) is 0. The zero-order chi connectivity index (χ0) is 11.8. The van der Waals surface area contributed by atoms with Crippen molar-refractivity contribution in [3.8, 4) is 0 Å². The highest BCUT2D eigenvalue weighted by Gasteiger charge is 2.21. The van der Waals surface area contributed by atoms with Crippen molar-refractivity contribution in [2.24, 2.45) is 0 Å². The average Bonchev–Trinajstić information content (AvgIpc) is 2.28. The van der Waals surface area contributed by atoms with Gasteiger partial charge < -0.3 is 0 Å². The van der Waals surface area contributed by atoms with E-state index in [1.807, 2.05) is 75.5 Å². The molecule has 0 aliphatic rings. The molecule has 0 aliphatic carbocycles. The fraction of sp³-hybridized carbons (Fsp3) is 0.0909. The highest BCUT2D eigenvalue weighted by atomic mass is 127. The van der Waals surface area contributed by atoms with Crippen LogP contribution in [0.1, 0.15) is 0 Å². The lowest BCUT2D eigenvalue weighted by molar-refractivity contribution is 0.601. The van der Waals surface area contributed by atoms with Gasteiger partial charge in [-0.2, -0.15) is 0 Å². The van der Waals surface area contributed by atoms with Gasteiger partial charge in [-0.1, -0.05) is 75.5 Å². The summed E-state index contributed by atoms with van der Waals surface area (Å²) in [5.41, 5.74) is 0. The predicted molar refractivity (Wildman–Crippen MR) is 83.0 cm³/mol. The van der Waals surface area contributed by atoms with Crippen molar-refractivity contribution in [2.75, 3.05) is 0 Å². The van der Waals surface area contributed by atoms with Crippen molar-refractivity contribution in [1.82, 2.24) is 0 Å². The molecule has 0 fully saturated rings. The van der Waals surface area contributed by atoms with Crippen molar-refractivity contribution in [1.29, 1.82) is 0 Å². The molecule has 0 unspecified atom stereocenters. The van der Waals surface area contributed by atoms with Gasteiger partial charge in [0.05, 0.1) is 4.90 Å². The van der Waals surface area contributed by atoms with E-state index in [4.69, 9.17) is 0 Å². The fourth-order valence-corrected chi connectivity index (χ4v) is 3.96. The van der Waals surface area contributed by atoms with Crippen LogP contribution in [0.4, 0.5) is 0 Å². The van der Waals surface area contributed by atoms with Crippen molar-refractivity contribution < 1.29 is 8.42 Å². The second-order valence-corrected chi connectivity index (χ2v) is 11.9. The summed E-state index contributed by atoms with van der Waals surface area (Å²) < 4.78 is 23.5. The summed E-state index contributed by atoms with van der Waals surface area (Å²) in [6.07, 6.45) is 0. The lowest BCUT2D eigenvalue weighted by Crippen LogP contribution is -2.07. The highest BCUT2D eigenvalue weighted by Crippen LogP contribution is 2.27. The average molecular weight is 458 g/mol. The molecule has 0 heterocycles. The number of fused-ring (bicyclic) bond motifs is 1. The van der Waals surface area contributed by atoms with Crippen LogP contribution in [0, 0.1) is 0 Å². The first-order valence-electron chi connectivity index (χ1n) is 4.52. The molecule has 0 spiro atoms. The number of halogens is 2. The first kappa shape index (κ1) is 12.6. The molecule has 2 nitrogen and oxygen atoms in total. The number of hydrogen-bond donors (Lipinski definition) is 0. The molecule has 0 N–H and O–H groups in total. The Labute approximate surface area is 122 Å². The third-order valence-electron chi connectivity index (χ3n) is 2.28. The van der Waals surface area contributed by atoms with Gasteiger partial charge in [0.15, 0.2) is 11.1 Å². The smallest absolute Gasteiger partial charge is 0.199 e. The van der Waals surface area contributed by atoms with Crippen LogP contribution in [0.2, 0.25) is 0 Å². The second kappa shape index (κ2) is 4.77. The molecule has 2 aromatic rings. The predicted octanol–water partition coefficient (Wildman–Crippen LogP) is 3.77. The maximum absolute atomic E-state index is 12.0. The van der Waals surface area contributed by atoms with Crippen molar-refractivity contribution >= 4 is 65.8 Å².